The summed E-state index contributed by atoms with van der Waals surface area (Å²) in [5, 5.41) is 3.17. The first kappa shape index (κ1) is 15.3. The number of halogens is 3. The maximum Gasteiger partial charge on any atom is 0.161 e. The molecule has 0 aliphatic carbocycles. The van der Waals surface area contributed by atoms with Gasteiger partial charge in [0, 0.05) is 23.5 Å². The zero-order chi connectivity index (χ0) is 17.4. The van der Waals surface area contributed by atoms with Crippen LogP contribution in [0.25, 0.3) is 16.9 Å². The molecular weight excluding hydrogens is 327 g/mol. The second-order valence-electron chi connectivity index (χ2n) is 5.48. The normalized spacial score (nSPS) is 11.0. The lowest BCUT2D eigenvalue weighted by Crippen LogP contribution is -1.98. The van der Waals surface area contributed by atoms with Crippen molar-refractivity contribution in [3.63, 3.8) is 0 Å². The van der Waals surface area contributed by atoms with E-state index in [9.17, 15) is 13.2 Å². The highest BCUT2D eigenvalue weighted by molar-refractivity contribution is 5.80. The second-order valence-corrected chi connectivity index (χ2v) is 5.48. The van der Waals surface area contributed by atoms with Gasteiger partial charge in [-0.15, -0.1) is 0 Å². The number of nitrogens with zero attached hydrogens (tertiary/aromatic N) is 2. The van der Waals surface area contributed by atoms with Crippen molar-refractivity contribution in [3.05, 3.63) is 84.3 Å². The minimum absolute atomic E-state index is 0.110. The number of pyridine rings is 1. The summed E-state index contributed by atoms with van der Waals surface area (Å²) in [5.74, 6) is -2.77. The van der Waals surface area contributed by atoms with E-state index in [2.05, 4.69) is 10.3 Å². The van der Waals surface area contributed by atoms with Crippen LogP contribution in [0.3, 0.4) is 0 Å². The number of hydrogen-bond donors (Lipinski definition) is 1. The molecule has 0 aliphatic heterocycles. The molecule has 4 aromatic rings. The Labute approximate surface area is 141 Å². The molecule has 0 saturated heterocycles. The lowest BCUT2D eigenvalue weighted by atomic mass is 10.1. The number of hydrogen-bond acceptors (Lipinski definition) is 2. The number of imidazole rings is 1. The van der Waals surface area contributed by atoms with E-state index < -0.39 is 17.5 Å². The van der Waals surface area contributed by atoms with Crippen LogP contribution in [0.4, 0.5) is 24.7 Å². The molecule has 0 spiro atoms. The van der Waals surface area contributed by atoms with Gasteiger partial charge in [0.25, 0.3) is 0 Å². The first-order chi connectivity index (χ1) is 12.1. The summed E-state index contributed by atoms with van der Waals surface area (Å²) in [6.07, 6.45) is 1.76. The average Bonchev–Trinajstić information content (AvgIpc) is 2.97. The largest absolute Gasteiger partial charge is 0.339 e. The third kappa shape index (κ3) is 2.71. The zero-order valence-corrected chi connectivity index (χ0v) is 12.9. The smallest absolute Gasteiger partial charge is 0.161 e. The number of aromatic nitrogens is 2. The lowest BCUT2D eigenvalue weighted by molar-refractivity contribution is 0.496. The highest BCUT2D eigenvalue weighted by Gasteiger charge is 2.19. The number of rotatable bonds is 3. The van der Waals surface area contributed by atoms with E-state index in [-0.39, 0.29) is 11.3 Å². The minimum Gasteiger partial charge on any atom is -0.339 e. The van der Waals surface area contributed by atoms with Crippen molar-refractivity contribution < 1.29 is 13.2 Å². The molecule has 0 unspecified atom stereocenters. The first-order valence-electron chi connectivity index (χ1n) is 7.57. The van der Waals surface area contributed by atoms with Gasteiger partial charge in [-0.25, -0.2) is 18.2 Å². The first-order valence-corrected chi connectivity index (χ1v) is 7.57. The molecular formula is C19H12F3N3. The van der Waals surface area contributed by atoms with Crippen LogP contribution < -0.4 is 5.32 Å². The molecule has 6 heteroatoms. The van der Waals surface area contributed by atoms with Crippen LogP contribution >= 0.6 is 0 Å². The number of fused-ring (bicyclic) bond motifs is 1. The molecule has 3 nitrogen and oxygen atoms in total. The molecule has 0 bridgehead atoms. The van der Waals surface area contributed by atoms with Gasteiger partial charge in [0.2, 0.25) is 0 Å². The molecule has 0 fully saturated rings. The Morgan fingerprint density at radius 3 is 2.32 bits per heavy atom. The van der Waals surface area contributed by atoms with Crippen molar-refractivity contribution >= 4 is 17.2 Å². The number of anilines is 2. The SMILES string of the molecule is Fc1cc(F)c(-c2nc3ccccn3c2Nc2ccccc2)cc1F. The van der Waals surface area contributed by atoms with Crippen LogP contribution in [-0.2, 0) is 0 Å². The Bertz CT molecular complexity index is 1060. The summed E-state index contributed by atoms with van der Waals surface area (Å²) < 4.78 is 42.9. The number of nitrogens with one attached hydrogen (secondary N) is 1. The van der Waals surface area contributed by atoms with Crippen LogP contribution in [0.2, 0.25) is 0 Å². The van der Waals surface area contributed by atoms with Gasteiger partial charge in [-0.3, -0.25) is 4.40 Å². The Morgan fingerprint density at radius 2 is 1.52 bits per heavy atom. The third-order valence-corrected chi connectivity index (χ3v) is 3.83. The van der Waals surface area contributed by atoms with E-state index in [1.54, 1.807) is 28.8 Å². The summed E-state index contributed by atoms with van der Waals surface area (Å²) in [4.78, 5) is 4.38. The topological polar surface area (TPSA) is 29.3 Å². The maximum absolute atomic E-state index is 14.3. The van der Waals surface area contributed by atoms with Crippen LogP contribution in [-0.4, -0.2) is 9.38 Å². The van der Waals surface area contributed by atoms with E-state index in [0.717, 1.165) is 11.8 Å². The Morgan fingerprint density at radius 1 is 0.800 bits per heavy atom. The van der Waals surface area contributed by atoms with E-state index in [1.807, 2.05) is 30.3 Å². The molecule has 4 rings (SSSR count). The van der Waals surface area contributed by atoms with E-state index in [0.29, 0.717) is 17.5 Å². The van der Waals surface area contributed by atoms with Gasteiger partial charge in [0.15, 0.2) is 11.6 Å². The van der Waals surface area contributed by atoms with Crippen molar-refractivity contribution in [2.75, 3.05) is 5.32 Å². The molecule has 0 amide bonds. The molecule has 2 aromatic heterocycles. The van der Waals surface area contributed by atoms with E-state index in [4.69, 9.17) is 0 Å². The van der Waals surface area contributed by atoms with Crippen molar-refractivity contribution in [3.8, 4) is 11.3 Å². The highest BCUT2D eigenvalue weighted by Crippen LogP contribution is 2.33. The van der Waals surface area contributed by atoms with E-state index in [1.165, 1.54) is 0 Å². The average molecular weight is 339 g/mol. The van der Waals surface area contributed by atoms with Gasteiger partial charge in [-0.05, 0) is 30.3 Å². The lowest BCUT2D eigenvalue weighted by Gasteiger charge is -2.09. The fourth-order valence-corrected chi connectivity index (χ4v) is 2.67. The molecule has 0 saturated carbocycles. The van der Waals surface area contributed by atoms with Gasteiger partial charge in [-0.2, -0.15) is 0 Å². The van der Waals surface area contributed by atoms with Crippen molar-refractivity contribution in [2.45, 2.75) is 0 Å². The number of para-hydroxylation sites is 1. The maximum atomic E-state index is 14.3. The standard InChI is InChI=1S/C19H12F3N3/c20-14-11-16(22)15(21)10-13(14)18-19(23-12-6-2-1-3-7-12)25-9-5-4-8-17(25)24-18/h1-11,23H. The van der Waals surface area contributed by atoms with E-state index >= 15 is 0 Å². The monoisotopic (exact) mass is 339 g/mol. The quantitative estimate of drug-likeness (QED) is 0.522. The molecule has 25 heavy (non-hydrogen) atoms. The third-order valence-electron chi connectivity index (χ3n) is 3.83. The fraction of sp³-hybridized carbons (Fsp3) is 0. The Balaban J connectivity index is 1.95. The number of benzene rings is 2. The van der Waals surface area contributed by atoms with Crippen molar-refractivity contribution in [1.82, 2.24) is 9.38 Å². The predicted octanol–water partition coefficient (Wildman–Crippen LogP) is 5.16. The molecule has 1 N–H and O–H groups in total. The summed E-state index contributed by atoms with van der Waals surface area (Å²) >= 11 is 0. The molecule has 0 atom stereocenters. The van der Waals surface area contributed by atoms with Gasteiger partial charge in [0.05, 0.1) is 0 Å². The Kier molecular flexibility index (Phi) is 3.65. The summed E-state index contributed by atoms with van der Waals surface area (Å²) in [6, 6.07) is 15.9. The van der Waals surface area contributed by atoms with Crippen LogP contribution in [0.5, 0.6) is 0 Å². The predicted molar refractivity (Wildman–Crippen MR) is 90.2 cm³/mol. The van der Waals surface area contributed by atoms with Crippen LogP contribution in [0, 0.1) is 17.5 Å². The Hall–Kier alpha value is -3.28. The zero-order valence-electron chi connectivity index (χ0n) is 12.9. The van der Waals surface area contributed by atoms with Crippen LogP contribution in [0.1, 0.15) is 0 Å². The summed E-state index contributed by atoms with van der Waals surface area (Å²) in [7, 11) is 0. The highest BCUT2D eigenvalue weighted by atomic mass is 19.2. The summed E-state index contributed by atoms with van der Waals surface area (Å²) in [6.45, 7) is 0. The molecule has 0 aliphatic rings. The molecule has 2 aromatic carbocycles. The second kappa shape index (κ2) is 5.98. The molecule has 124 valence electrons. The van der Waals surface area contributed by atoms with Crippen LogP contribution in [0.15, 0.2) is 66.9 Å². The van der Waals surface area contributed by atoms with Crippen molar-refractivity contribution in [2.24, 2.45) is 0 Å². The van der Waals surface area contributed by atoms with Crippen molar-refractivity contribution in [1.29, 1.82) is 0 Å². The van der Waals surface area contributed by atoms with Gasteiger partial charge < -0.3 is 5.32 Å². The van der Waals surface area contributed by atoms with Gasteiger partial charge in [-0.1, -0.05) is 24.3 Å². The van der Waals surface area contributed by atoms with Gasteiger partial charge >= 0.3 is 0 Å². The minimum atomic E-state index is -1.23. The fourth-order valence-electron chi connectivity index (χ4n) is 2.67. The molecule has 2 heterocycles. The summed E-state index contributed by atoms with van der Waals surface area (Å²) in [5.41, 5.74) is 1.41. The molecule has 0 radical (unpaired) electrons. The van der Waals surface area contributed by atoms with Gasteiger partial charge in [0.1, 0.15) is 23.0 Å².